The van der Waals surface area contributed by atoms with Gasteiger partial charge in [0.1, 0.15) is 5.75 Å². The molecular weight excluding hydrogens is 344 g/mol. The van der Waals surface area contributed by atoms with E-state index in [-0.39, 0.29) is 11.4 Å². The van der Waals surface area contributed by atoms with E-state index in [4.69, 9.17) is 4.74 Å². The van der Waals surface area contributed by atoms with Gasteiger partial charge in [0.25, 0.3) is 5.91 Å². The van der Waals surface area contributed by atoms with Crippen LogP contribution in [-0.4, -0.2) is 18.6 Å². The normalized spacial score (nSPS) is 24.2. The number of para-hydroxylation sites is 1. The van der Waals surface area contributed by atoms with Crippen LogP contribution in [0, 0.1) is 0 Å². The molecule has 3 aliphatic heterocycles. The maximum absolute atomic E-state index is 13.8. The lowest BCUT2D eigenvalue weighted by molar-refractivity contribution is -0.120. The molecule has 5 rings (SSSR count). The minimum atomic E-state index is -0.835. The van der Waals surface area contributed by atoms with E-state index in [1.807, 2.05) is 35.2 Å². The highest BCUT2D eigenvalue weighted by Crippen LogP contribution is 2.61. The van der Waals surface area contributed by atoms with Crippen LogP contribution < -0.4 is 15.0 Å². The lowest BCUT2D eigenvalue weighted by Crippen LogP contribution is -2.51. The van der Waals surface area contributed by atoms with Crippen molar-refractivity contribution in [3.8, 4) is 5.75 Å². The Hall–Kier alpha value is -2.40. The number of hydrogen-bond acceptors (Lipinski definition) is 4. The van der Waals surface area contributed by atoms with Gasteiger partial charge in [-0.15, -0.1) is 0 Å². The molecule has 2 aromatic carbocycles. The van der Waals surface area contributed by atoms with Crippen molar-refractivity contribution in [2.45, 2.75) is 36.1 Å². The van der Waals surface area contributed by atoms with Crippen LogP contribution in [0.2, 0.25) is 0 Å². The molecule has 3 heterocycles. The van der Waals surface area contributed by atoms with Crippen molar-refractivity contribution < 1.29 is 9.53 Å². The quantitative estimate of drug-likeness (QED) is 0.802. The zero-order chi connectivity index (χ0) is 18.3. The minimum absolute atomic E-state index is 0.0805. The second kappa shape index (κ2) is 4.86. The molecule has 2 aromatic rings. The van der Waals surface area contributed by atoms with Gasteiger partial charge in [-0.05, 0) is 50.6 Å². The number of methoxy groups -OCH3 is 1. The molecule has 1 amide bonds. The predicted octanol–water partition coefficient (Wildman–Crippen LogP) is 4.61. The van der Waals surface area contributed by atoms with Crippen LogP contribution in [0.3, 0.4) is 0 Å². The molecule has 0 radical (unpaired) electrons. The van der Waals surface area contributed by atoms with Crippen LogP contribution in [0.4, 0.5) is 11.4 Å². The number of ether oxygens (including phenoxy) is 1. The number of nitrogens with zero attached hydrogens (tertiary/aromatic N) is 1. The Morgan fingerprint density at radius 2 is 1.96 bits per heavy atom. The Morgan fingerprint density at radius 3 is 2.69 bits per heavy atom. The van der Waals surface area contributed by atoms with Crippen LogP contribution in [0.5, 0.6) is 5.75 Å². The average molecular weight is 364 g/mol. The predicted molar refractivity (Wildman–Crippen MR) is 106 cm³/mol. The van der Waals surface area contributed by atoms with Crippen LogP contribution in [0.1, 0.15) is 31.9 Å². The summed E-state index contributed by atoms with van der Waals surface area (Å²) in [7, 11) is 1.67. The highest BCUT2D eigenvalue weighted by atomic mass is 32.2. The van der Waals surface area contributed by atoms with Crippen LogP contribution in [0.15, 0.2) is 47.4 Å². The van der Waals surface area contributed by atoms with E-state index < -0.39 is 4.87 Å². The fourth-order valence-electron chi connectivity index (χ4n) is 4.39. The van der Waals surface area contributed by atoms with E-state index in [0.717, 1.165) is 33.1 Å². The summed E-state index contributed by atoms with van der Waals surface area (Å²) in [5, 5.41) is 3.53. The first-order chi connectivity index (χ1) is 12.4. The van der Waals surface area contributed by atoms with Crippen molar-refractivity contribution in [2.24, 2.45) is 0 Å². The molecule has 0 aromatic heterocycles. The van der Waals surface area contributed by atoms with Crippen molar-refractivity contribution in [1.82, 2.24) is 0 Å². The number of carbonyl (C=O) groups excluding carboxylic acids is 1. The zero-order valence-corrected chi connectivity index (χ0v) is 16.0. The molecular formula is C21H20N2O2S. The number of rotatable bonds is 1. The monoisotopic (exact) mass is 364 g/mol. The Labute approximate surface area is 157 Å². The molecule has 1 N–H and O–H groups in total. The standard InChI is InChI=1S/C21H20N2O2S/c1-12-11-20(2,3)23-18-14(12)9-13(25-4)10-15(18)21(19(23)24)22-16-7-5-6-8-17(16)26-21/h5-11,22H,1-4H3/t21-/m1/s1. The van der Waals surface area contributed by atoms with Gasteiger partial charge >= 0.3 is 0 Å². The molecule has 0 fully saturated rings. The summed E-state index contributed by atoms with van der Waals surface area (Å²) in [5.41, 5.74) is 4.86. The summed E-state index contributed by atoms with van der Waals surface area (Å²) >= 11 is 1.59. The molecule has 132 valence electrons. The number of benzene rings is 2. The fourth-order valence-corrected chi connectivity index (χ4v) is 5.70. The van der Waals surface area contributed by atoms with E-state index in [0.29, 0.717) is 0 Å². The summed E-state index contributed by atoms with van der Waals surface area (Å²) in [4.78, 5) is 16.0. The van der Waals surface area contributed by atoms with Crippen LogP contribution >= 0.6 is 11.8 Å². The molecule has 4 nitrogen and oxygen atoms in total. The maximum Gasteiger partial charge on any atom is 0.269 e. The van der Waals surface area contributed by atoms with Crippen LogP contribution in [0.25, 0.3) is 5.57 Å². The van der Waals surface area contributed by atoms with E-state index in [1.165, 1.54) is 5.57 Å². The number of thioether (sulfide) groups is 1. The third-order valence-electron chi connectivity index (χ3n) is 5.46. The van der Waals surface area contributed by atoms with E-state index in [2.05, 4.69) is 38.2 Å². The Balaban J connectivity index is 1.81. The number of allylic oxidation sites excluding steroid dienone is 1. The molecule has 0 saturated heterocycles. The number of hydrogen-bond donors (Lipinski definition) is 1. The zero-order valence-electron chi connectivity index (χ0n) is 15.2. The summed E-state index contributed by atoms with van der Waals surface area (Å²) in [6.45, 7) is 6.29. The first-order valence-corrected chi connectivity index (χ1v) is 9.52. The van der Waals surface area contributed by atoms with Crippen molar-refractivity contribution in [3.05, 3.63) is 53.6 Å². The summed E-state index contributed by atoms with van der Waals surface area (Å²) in [5.74, 6) is 0.857. The fraction of sp³-hybridized carbons (Fsp3) is 0.286. The van der Waals surface area contributed by atoms with E-state index in [1.54, 1.807) is 18.9 Å². The van der Waals surface area contributed by atoms with Gasteiger partial charge in [-0.1, -0.05) is 30.0 Å². The molecule has 3 aliphatic rings. The number of carbonyl (C=O) groups is 1. The first kappa shape index (κ1) is 15.8. The van der Waals surface area contributed by atoms with Gasteiger partial charge in [0.05, 0.1) is 18.3 Å². The third-order valence-corrected chi connectivity index (χ3v) is 6.84. The molecule has 0 saturated carbocycles. The van der Waals surface area contributed by atoms with E-state index >= 15 is 0 Å². The minimum Gasteiger partial charge on any atom is -0.497 e. The average Bonchev–Trinajstić information content (AvgIpc) is 3.10. The van der Waals surface area contributed by atoms with Gasteiger partial charge in [0, 0.05) is 21.7 Å². The summed E-state index contributed by atoms with van der Waals surface area (Å²) in [6.07, 6.45) is 2.17. The molecule has 5 heteroatoms. The molecule has 0 aliphatic carbocycles. The highest BCUT2D eigenvalue weighted by molar-refractivity contribution is 8.01. The number of amides is 1. The molecule has 1 atom stereocenters. The molecule has 1 spiro atoms. The number of fused-ring (bicyclic) bond motifs is 2. The second-order valence-electron chi connectivity index (χ2n) is 7.60. The van der Waals surface area contributed by atoms with Crippen molar-refractivity contribution in [1.29, 1.82) is 0 Å². The topological polar surface area (TPSA) is 41.6 Å². The van der Waals surface area contributed by atoms with Crippen molar-refractivity contribution in [3.63, 3.8) is 0 Å². The maximum atomic E-state index is 13.8. The highest BCUT2D eigenvalue weighted by Gasteiger charge is 2.59. The van der Waals surface area contributed by atoms with Crippen LogP contribution in [-0.2, 0) is 9.67 Å². The third kappa shape index (κ3) is 1.79. The SMILES string of the molecule is COc1cc2c3c(c1)[C@]1(Nc4ccccc4S1)C(=O)N3C(C)(C)C=C2C. The van der Waals surface area contributed by atoms with Gasteiger partial charge in [0.15, 0.2) is 4.87 Å². The lowest BCUT2D eigenvalue weighted by atomic mass is 9.89. The first-order valence-electron chi connectivity index (χ1n) is 8.70. The van der Waals surface area contributed by atoms with Crippen molar-refractivity contribution in [2.75, 3.05) is 17.3 Å². The largest absolute Gasteiger partial charge is 0.497 e. The Kier molecular flexibility index (Phi) is 2.96. The van der Waals surface area contributed by atoms with Gasteiger partial charge in [0.2, 0.25) is 0 Å². The Morgan fingerprint density at radius 1 is 1.19 bits per heavy atom. The number of anilines is 2. The lowest BCUT2D eigenvalue weighted by Gasteiger charge is -2.39. The van der Waals surface area contributed by atoms with Gasteiger partial charge in [-0.2, -0.15) is 0 Å². The van der Waals surface area contributed by atoms with E-state index in [9.17, 15) is 4.79 Å². The molecule has 0 bridgehead atoms. The van der Waals surface area contributed by atoms with Gasteiger partial charge < -0.3 is 10.1 Å². The molecule has 26 heavy (non-hydrogen) atoms. The van der Waals surface area contributed by atoms with Gasteiger partial charge in [-0.3, -0.25) is 9.69 Å². The van der Waals surface area contributed by atoms with Gasteiger partial charge in [-0.25, -0.2) is 0 Å². The number of nitrogens with one attached hydrogen (secondary N) is 1. The van der Waals surface area contributed by atoms with Crippen molar-refractivity contribution >= 4 is 34.6 Å². The summed E-state index contributed by atoms with van der Waals surface area (Å²) in [6, 6.07) is 12.1. The second-order valence-corrected chi connectivity index (χ2v) is 8.85. The summed E-state index contributed by atoms with van der Waals surface area (Å²) < 4.78 is 5.56. The molecule has 0 unspecified atom stereocenters. The Bertz CT molecular complexity index is 984. The smallest absolute Gasteiger partial charge is 0.269 e.